The molecule has 1 unspecified atom stereocenters. The van der Waals surface area contributed by atoms with Crippen molar-refractivity contribution in [2.24, 2.45) is 7.05 Å². The second-order valence-electron chi connectivity index (χ2n) is 4.34. The van der Waals surface area contributed by atoms with Gasteiger partial charge in [-0.1, -0.05) is 0 Å². The number of hydrogen-bond donors (Lipinski definition) is 2. The van der Waals surface area contributed by atoms with Crippen molar-refractivity contribution in [3.8, 4) is 0 Å². The fourth-order valence-corrected chi connectivity index (χ4v) is 2.43. The van der Waals surface area contributed by atoms with Gasteiger partial charge in [0.2, 0.25) is 0 Å². The van der Waals surface area contributed by atoms with Crippen molar-refractivity contribution in [1.82, 2.24) is 9.78 Å². The maximum Gasteiger partial charge on any atom is 0.139 e. The summed E-state index contributed by atoms with van der Waals surface area (Å²) in [4.78, 5) is 0. The Morgan fingerprint density at radius 2 is 2.28 bits per heavy atom. The highest BCUT2D eigenvalue weighted by Crippen LogP contribution is 2.34. The summed E-state index contributed by atoms with van der Waals surface area (Å²) in [5, 5.41) is 10.8. The van der Waals surface area contributed by atoms with E-state index in [9.17, 15) is 4.39 Å². The van der Waals surface area contributed by atoms with Crippen molar-refractivity contribution in [1.29, 1.82) is 0 Å². The van der Waals surface area contributed by atoms with Crippen LogP contribution in [0, 0.1) is 5.82 Å². The zero-order chi connectivity index (χ0) is 12.7. The van der Waals surface area contributed by atoms with E-state index < -0.39 is 0 Å². The first-order valence-corrected chi connectivity index (χ1v) is 6.41. The van der Waals surface area contributed by atoms with E-state index in [2.05, 4.69) is 31.7 Å². The van der Waals surface area contributed by atoms with Crippen LogP contribution in [0.5, 0.6) is 0 Å². The molecule has 0 aliphatic carbocycles. The molecule has 0 saturated carbocycles. The number of halogens is 2. The van der Waals surface area contributed by atoms with Crippen LogP contribution in [0.25, 0.3) is 0 Å². The highest BCUT2D eigenvalue weighted by molar-refractivity contribution is 9.10. The highest BCUT2D eigenvalue weighted by atomic mass is 79.9. The summed E-state index contributed by atoms with van der Waals surface area (Å²) in [5.74, 6) is -0.269. The molecule has 94 valence electrons. The molecule has 18 heavy (non-hydrogen) atoms. The third-order valence-corrected chi connectivity index (χ3v) is 3.62. The first kappa shape index (κ1) is 11.5. The van der Waals surface area contributed by atoms with Crippen LogP contribution in [0.3, 0.4) is 0 Å². The van der Waals surface area contributed by atoms with Crippen molar-refractivity contribution >= 4 is 27.3 Å². The molecule has 1 aliphatic rings. The largest absolute Gasteiger partial charge is 0.381 e. The number of benzene rings is 1. The van der Waals surface area contributed by atoms with Gasteiger partial charge in [0, 0.05) is 31.4 Å². The highest BCUT2D eigenvalue weighted by Gasteiger charge is 2.21. The third kappa shape index (κ3) is 1.96. The Kier molecular flexibility index (Phi) is 2.74. The van der Waals surface area contributed by atoms with Crippen LogP contribution in [-0.4, -0.2) is 16.3 Å². The number of hydrogen-bond acceptors (Lipinski definition) is 3. The smallest absolute Gasteiger partial charge is 0.139 e. The molecule has 6 heteroatoms. The maximum atomic E-state index is 13.5. The van der Waals surface area contributed by atoms with E-state index >= 15 is 0 Å². The Bertz CT molecular complexity index is 596. The lowest BCUT2D eigenvalue weighted by molar-refractivity contribution is 0.620. The van der Waals surface area contributed by atoms with Crippen molar-refractivity contribution < 1.29 is 4.39 Å². The van der Waals surface area contributed by atoms with Crippen LogP contribution in [-0.2, 0) is 7.05 Å². The summed E-state index contributed by atoms with van der Waals surface area (Å²) in [6.45, 7) is 0.747. The number of aromatic nitrogens is 2. The first-order valence-electron chi connectivity index (χ1n) is 5.61. The van der Waals surface area contributed by atoms with Gasteiger partial charge in [-0.3, -0.25) is 4.68 Å². The van der Waals surface area contributed by atoms with E-state index in [1.807, 2.05) is 19.4 Å². The monoisotopic (exact) mass is 310 g/mol. The van der Waals surface area contributed by atoms with Gasteiger partial charge in [-0.2, -0.15) is 5.10 Å². The van der Waals surface area contributed by atoms with Gasteiger partial charge in [0.1, 0.15) is 5.82 Å². The first-order chi connectivity index (χ1) is 8.63. The molecule has 2 aromatic rings. The van der Waals surface area contributed by atoms with Crippen LogP contribution in [0.1, 0.15) is 11.6 Å². The Labute approximate surface area is 112 Å². The predicted octanol–water partition coefficient (Wildman–Crippen LogP) is 2.90. The van der Waals surface area contributed by atoms with Crippen LogP contribution in [0.2, 0.25) is 0 Å². The van der Waals surface area contributed by atoms with Crippen LogP contribution >= 0.6 is 15.9 Å². The standard InChI is InChI=1S/C12H12BrFN4/c1-18-6-7(4-16-18)12-5-15-10-2-8(13)9(14)3-11(10)17-12/h2-4,6,12,15,17H,5H2,1H3. The molecule has 3 rings (SSSR count). The molecule has 4 nitrogen and oxygen atoms in total. The van der Waals surface area contributed by atoms with Crippen molar-refractivity contribution in [3.63, 3.8) is 0 Å². The molecular weight excluding hydrogens is 299 g/mol. The van der Waals surface area contributed by atoms with Gasteiger partial charge in [0.15, 0.2) is 0 Å². The zero-order valence-corrected chi connectivity index (χ0v) is 11.3. The second kappa shape index (κ2) is 4.28. The van der Waals surface area contributed by atoms with Gasteiger partial charge in [-0.25, -0.2) is 4.39 Å². The molecule has 1 atom stereocenters. The van der Waals surface area contributed by atoms with Crippen molar-refractivity contribution in [2.75, 3.05) is 17.2 Å². The molecule has 0 fully saturated rings. The quantitative estimate of drug-likeness (QED) is 0.851. The van der Waals surface area contributed by atoms with Crippen LogP contribution in [0.15, 0.2) is 29.0 Å². The molecule has 0 radical (unpaired) electrons. The fourth-order valence-electron chi connectivity index (χ4n) is 2.08. The molecule has 2 N–H and O–H groups in total. The average molecular weight is 311 g/mol. The van der Waals surface area contributed by atoms with E-state index in [1.54, 1.807) is 10.7 Å². The van der Waals surface area contributed by atoms with E-state index in [-0.39, 0.29) is 11.9 Å². The normalized spacial score (nSPS) is 17.8. The van der Waals surface area contributed by atoms with Gasteiger partial charge in [0.05, 0.1) is 28.1 Å². The van der Waals surface area contributed by atoms with E-state index in [0.29, 0.717) is 4.47 Å². The number of fused-ring (bicyclic) bond motifs is 1. The number of nitrogens with zero attached hydrogens (tertiary/aromatic N) is 2. The molecule has 0 amide bonds. The van der Waals surface area contributed by atoms with Gasteiger partial charge in [-0.15, -0.1) is 0 Å². The minimum Gasteiger partial charge on any atom is -0.381 e. The molecule has 0 spiro atoms. The Hall–Kier alpha value is -1.56. The van der Waals surface area contributed by atoms with Gasteiger partial charge < -0.3 is 10.6 Å². The Morgan fingerprint density at radius 3 is 3.00 bits per heavy atom. The van der Waals surface area contributed by atoms with E-state index in [4.69, 9.17) is 0 Å². The number of aryl methyl sites for hydroxylation is 1. The predicted molar refractivity (Wildman–Crippen MR) is 72.2 cm³/mol. The van der Waals surface area contributed by atoms with Gasteiger partial charge in [0.25, 0.3) is 0 Å². The molecule has 1 aromatic carbocycles. The van der Waals surface area contributed by atoms with E-state index in [1.165, 1.54) is 6.07 Å². The van der Waals surface area contributed by atoms with Crippen molar-refractivity contribution in [2.45, 2.75) is 6.04 Å². The summed E-state index contributed by atoms with van der Waals surface area (Å²) >= 11 is 3.18. The van der Waals surface area contributed by atoms with Gasteiger partial charge >= 0.3 is 0 Å². The Balaban J connectivity index is 1.91. The minimum atomic E-state index is -0.269. The summed E-state index contributed by atoms with van der Waals surface area (Å²) < 4.78 is 15.7. The molecule has 1 aliphatic heterocycles. The summed E-state index contributed by atoms with van der Waals surface area (Å²) in [7, 11) is 1.88. The minimum absolute atomic E-state index is 0.103. The van der Waals surface area contributed by atoms with Gasteiger partial charge in [-0.05, 0) is 22.0 Å². The molecule has 0 bridgehead atoms. The van der Waals surface area contributed by atoms with Crippen LogP contribution in [0.4, 0.5) is 15.8 Å². The topological polar surface area (TPSA) is 41.9 Å². The fraction of sp³-hybridized carbons (Fsp3) is 0.250. The maximum absolute atomic E-state index is 13.5. The van der Waals surface area contributed by atoms with E-state index in [0.717, 1.165) is 23.5 Å². The number of anilines is 2. The average Bonchev–Trinajstić information content (AvgIpc) is 2.77. The Morgan fingerprint density at radius 1 is 1.44 bits per heavy atom. The molecule has 1 aromatic heterocycles. The SMILES string of the molecule is Cn1cc(C2CNc3cc(Br)c(F)cc3N2)cn1. The molecule has 0 saturated heterocycles. The molecule has 2 heterocycles. The lowest BCUT2D eigenvalue weighted by Crippen LogP contribution is -2.25. The van der Waals surface area contributed by atoms with Crippen LogP contribution < -0.4 is 10.6 Å². The summed E-state index contributed by atoms with van der Waals surface area (Å²) in [5.41, 5.74) is 2.76. The number of nitrogens with one attached hydrogen (secondary N) is 2. The van der Waals surface area contributed by atoms with Crippen molar-refractivity contribution in [3.05, 3.63) is 40.4 Å². The second-order valence-corrected chi connectivity index (χ2v) is 5.19. The third-order valence-electron chi connectivity index (χ3n) is 3.01. The number of rotatable bonds is 1. The summed E-state index contributed by atoms with van der Waals surface area (Å²) in [6, 6.07) is 3.35. The zero-order valence-electron chi connectivity index (χ0n) is 9.74. The molecular formula is C12H12BrFN4. The lowest BCUT2D eigenvalue weighted by Gasteiger charge is -2.28. The summed E-state index contributed by atoms with van der Waals surface area (Å²) in [6.07, 6.45) is 3.78. The lowest BCUT2D eigenvalue weighted by atomic mass is 10.1.